The molecule has 0 saturated carbocycles. The first kappa shape index (κ1) is 13.6. The predicted octanol–water partition coefficient (Wildman–Crippen LogP) is 3.23. The van der Waals surface area contributed by atoms with E-state index in [1.54, 1.807) is 31.5 Å². The number of carbonyl (C=O) groups is 1. The molecule has 2 rings (SSSR count). The van der Waals surface area contributed by atoms with Crippen LogP contribution in [0.1, 0.15) is 23.1 Å². The van der Waals surface area contributed by atoms with Crippen LogP contribution in [0.25, 0.3) is 11.4 Å². The van der Waals surface area contributed by atoms with Gasteiger partial charge in [0, 0.05) is 12.6 Å². The van der Waals surface area contributed by atoms with E-state index in [1.165, 1.54) is 0 Å². The van der Waals surface area contributed by atoms with Gasteiger partial charge in [-0.05, 0) is 26.0 Å². The molecule has 0 bridgehead atoms. The van der Waals surface area contributed by atoms with Gasteiger partial charge >= 0.3 is 5.97 Å². The number of hydrogen-bond acceptors (Lipinski definition) is 3. The number of imidazole rings is 1. The summed E-state index contributed by atoms with van der Waals surface area (Å²) >= 11 is 6.16. The minimum Gasteiger partial charge on any atom is -0.461 e. The number of nitrogens with zero attached hydrogens (tertiary/aromatic N) is 2. The molecule has 0 unspecified atom stereocenters. The largest absolute Gasteiger partial charge is 0.461 e. The summed E-state index contributed by atoms with van der Waals surface area (Å²) < 4.78 is 6.75. The highest BCUT2D eigenvalue weighted by atomic mass is 35.5. The zero-order chi connectivity index (χ0) is 14.0. The smallest absolute Gasteiger partial charge is 0.356 e. The van der Waals surface area contributed by atoms with Crippen LogP contribution in [0.2, 0.25) is 5.02 Å². The highest BCUT2D eigenvalue weighted by Crippen LogP contribution is 2.28. The number of carbonyl (C=O) groups excluding carboxylic acids is 1. The lowest BCUT2D eigenvalue weighted by molar-refractivity contribution is 0.0514. The van der Waals surface area contributed by atoms with Gasteiger partial charge in [0.15, 0.2) is 0 Å². The van der Waals surface area contributed by atoms with E-state index in [1.807, 2.05) is 18.2 Å². The molecule has 2 aromatic rings. The molecule has 0 aliphatic rings. The third-order valence-electron chi connectivity index (χ3n) is 2.85. The van der Waals surface area contributed by atoms with Crippen molar-refractivity contribution >= 4 is 17.6 Å². The maximum atomic E-state index is 11.9. The van der Waals surface area contributed by atoms with Crippen LogP contribution in [0, 0.1) is 6.92 Å². The van der Waals surface area contributed by atoms with Crippen molar-refractivity contribution in [3.8, 4) is 11.4 Å². The normalized spacial score (nSPS) is 10.5. The quantitative estimate of drug-likeness (QED) is 0.810. The highest BCUT2D eigenvalue weighted by Gasteiger charge is 2.21. The van der Waals surface area contributed by atoms with Gasteiger partial charge in [0.1, 0.15) is 11.5 Å². The number of aromatic nitrogens is 2. The molecule has 0 aliphatic heterocycles. The van der Waals surface area contributed by atoms with E-state index >= 15 is 0 Å². The zero-order valence-corrected chi connectivity index (χ0v) is 11.9. The summed E-state index contributed by atoms with van der Waals surface area (Å²) in [5.74, 6) is 0.291. The first-order valence-corrected chi connectivity index (χ1v) is 6.39. The Balaban J connectivity index is 2.54. The van der Waals surface area contributed by atoms with Crippen LogP contribution in [0.15, 0.2) is 24.3 Å². The standard InChI is InChI=1S/C14H15ClN2O2/c1-4-19-14(18)12-9(2)16-13(17(12)3)10-7-5-6-8-11(10)15/h5-8H,4H2,1-3H3. The zero-order valence-electron chi connectivity index (χ0n) is 11.1. The third kappa shape index (κ3) is 2.49. The van der Waals surface area contributed by atoms with Crippen LogP contribution in [-0.4, -0.2) is 22.1 Å². The molecule has 1 aromatic heterocycles. The Morgan fingerprint density at radius 2 is 2.11 bits per heavy atom. The van der Waals surface area contributed by atoms with Crippen molar-refractivity contribution in [1.82, 2.24) is 9.55 Å². The SMILES string of the molecule is CCOC(=O)c1c(C)nc(-c2ccccc2Cl)n1C. The molecular formula is C14H15ClN2O2. The first-order valence-electron chi connectivity index (χ1n) is 6.01. The Bertz CT molecular complexity index is 620. The van der Waals surface area contributed by atoms with Gasteiger partial charge in [0.05, 0.1) is 17.3 Å². The maximum absolute atomic E-state index is 11.9. The number of benzene rings is 1. The van der Waals surface area contributed by atoms with Crippen molar-refractivity contribution in [3.63, 3.8) is 0 Å². The lowest BCUT2D eigenvalue weighted by Gasteiger charge is -2.07. The third-order valence-corrected chi connectivity index (χ3v) is 3.18. The molecule has 4 nitrogen and oxygen atoms in total. The predicted molar refractivity (Wildman–Crippen MR) is 74.3 cm³/mol. The first-order chi connectivity index (χ1) is 9.06. The Labute approximate surface area is 117 Å². The van der Waals surface area contributed by atoms with E-state index in [2.05, 4.69) is 4.98 Å². The fourth-order valence-corrected chi connectivity index (χ4v) is 2.22. The molecule has 0 radical (unpaired) electrons. The summed E-state index contributed by atoms with van der Waals surface area (Å²) in [5, 5.41) is 0.603. The van der Waals surface area contributed by atoms with Gasteiger partial charge in [-0.2, -0.15) is 0 Å². The molecule has 0 N–H and O–H groups in total. The van der Waals surface area contributed by atoms with E-state index in [-0.39, 0.29) is 5.97 Å². The number of ether oxygens (including phenoxy) is 1. The Kier molecular flexibility index (Phi) is 3.90. The molecule has 19 heavy (non-hydrogen) atoms. The number of rotatable bonds is 3. The van der Waals surface area contributed by atoms with E-state index in [9.17, 15) is 4.79 Å². The Hall–Kier alpha value is -1.81. The van der Waals surface area contributed by atoms with Crippen LogP contribution >= 0.6 is 11.6 Å². The topological polar surface area (TPSA) is 44.1 Å². The second kappa shape index (κ2) is 5.45. The molecular weight excluding hydrogens is 264 g/mol. The van der Waals surface area contributed by atoms with Crippen molar-refractivity contribution in [2.24, 2.45) is 7.05 Å². The Morgan fingerprint density at radius 1 is 1.42 bits per heavy atom. The summed E-state index contributed by atoms with van der Waals surface area (Å²) in [4.78, 5) is 16.3. The number of aryl methyl sites for hydroxylation is 1. The maximum Gasteiger partial charge on any atom is 0.356 e. The number of halogens is 1. The summed E-state index contributed by atoms with van der Waals surface area (Å²) in [6, 6.07) is 7.41. The molecule has 0 spiro atoms. The average molecular weight is 279 g/mol. The van der Waals surface area contributed by atoms with Gasteiger partial charge in [-0.25, -0.2) is 9.78 Å². The lowest BCUT2D eigenvalue weighted by Crippen LogP contribution is -2.11. The molecule has 0 atom stereocenters. The summed E-state index contributed by atoms with van der Waals surface area (Å²) in [6.45, 7) is 3.90. The summed E-state index contributed by atoms with van der Waals surface area (Å²) in [6.07, 6.45) is 0. The molecule has 0 aliphatic carbocycles. The molecule has 1 aromatic carbocycles. The summed E-state index contributed by atoms with van der Waals surface area (Å²) in [5.41, 5.74) is 1.89. The van der Waals surface area contributed by atoms with E-state index in [0.29, 0.717) is 28.8 Å². The molecule has 1 heterocycles. The average Bonchev–Trinajstić information content (AvgIpc) is 2.66. The van der Waals surface area contributed by atoms with E-state index in [0.717, 1.165) is 5.56 Å². The van der Waals surface area contributed by atoms with Gasteiger partial charge in [-0.3, -0.25) is 0 Å². The molecule has 5 heteroatoms. The molecule has 0 fully saturated rings. The van der Waals surface area contributed by atoms with Crippen molar-refractivity contribution in [3.05, 3.63) is 40.7 Å². The van der Waals surface area contributed by atoms with Crippen molar-refractivity contribution in [1.29, 1.82) is 0 Å². The van der Waals surface area contributed by atoms with Crippen LogP contribution in [-0.2, 0) is 11.8 Å². The number of hydrogen-bond donors (Lipinski definition) is 0. The lowest BCUT2D eigenvalue weighted by atomic mass is 10.2. The van der Waals surface area contributed by atoms with E-state index in [4.69, 9.17) is 16.3 Å². The second-order valence-electron chi connectivity index (χ2n) is 4.13. The van der Waals surface area contributed by atoms with E-state index < -0.39 is 0 Å². The fraction of sp³-hybridized carbons (Fsp3) is 0.286. The summed E-state index contributed by atoms with van der Waals surface area (Å²) in [7, 11) is 1.78. The fourth-order valence-electron chi connectivity index (χ4n) is 2.00. The van der Waals surface area contributed by atoms with Gasteiger partial charge in [-0.15, -0.1) is 0 Å². The molecule has 100 valence electrons. The molecule has 0 saturated heterocycles. The monoisotopic (exact) mass is 278 g/mol. The minimum absolute atomic E-state index is 0.338. The van der Waals surface area contributed by atoms with Crippen molar-refractivity contribution < 1.29 is 9.53 Å². The van der Waals surface area contributed by atoms with Gasteiger partial charge in [0.25, 0.3) is 0 Å². The highest BCUT2D eigenvalue weighted by molar-refractivity contribution is 6.33. The van der Waals surface area contributed by atoms with Crippen LogP contribution < -0.4 is 0 Å². The Morgan fingerprint density at radius 3 is 2.74 bits per heavy atom. The molecule has 0 amide bonds. The number of esters is 1. The van der Waals surface area contributed by atoms with Gasteiger partial charge in [0.2, 0.25) is 0 Å². The van der Waals surface area contributed by atoms with Crippen LogP contribution in [0.3, 0.4) is 0 Å². The van der Waals surface area contributed by atoms with Crippen LogP contribution in [0.4, 0.5) is 0 Å². The second-order valence-corrected chi connectivity index (χ2v) is 4.54. The van der Waals surface area contributed by atoms with Crippen molar-refractivity contribution in [2.75, 3.05) is 6.61 Å². The van der Waals surface area contributed by atoms with Crippen molar-refractivity contribution in [2.45, 2.75) is 13.8 Å². The van der Waals surface area contributed by atoms with Gasteiger partial charge < -0.3 is 9.30 Å². The van der Waals surface area contributed by atoms with Gasteiger partial charge in [-0.1, -0.05) is 23.7 Å². The minimum atomic E-state index is -0.367. The van der Waals surface area contributed by atoms with Crippen LogP contribution in [0.5, 0.6) is 0 Å².